The second-order valence-corrected chi connectivity index (χ2v) is 12.3. The Morgan fingerprint density at radius 2 is 1.93 bits per heavy atom. The number of hydrogen-bond acceptors (Lipinski definition) is 6. The lowest BCUT2D eigenvalue weighted by Gasteiger charge is -2.31. The molecule has 12 heteroatoms. The fourth-order valence-electron chi connectivity index (χ4n) is 5.61. The Labute approximate surface area is 240 Å². The number of carboxylic acids is 1. The number of piperidine rings is 1. The van der Waals surface area contributed by atoms with Crippen LogP contribution in [0.15, 0.2) is 24.3 Å². The lowest BCUT2D eigenvalue weighted by atomic mass is 9.93. The summed E-state index contributed by atoms with van der Waals surface area (Å²) in [6.45, 7) is 3.14. The number of ketones is 1. The van der Waals surface area contributed by atoms with Gasteiger partial charge in [0.2, 0.25) is 17.7 Å². The van der Waals surface area contributed by atoms with Gasteiger partial charge in [0.15, 0.2) is 5.78 Å². The number of halogens is 2. The van der Waals surface area contributed by atoms with E-state index < -0.39 is 41.7 Å². The van der Waals surface area contributed by atoms with Crippen molar-refractivity contribution in [2.24, 2.45) is 23.5 Å². The summed E-state index contributed by atoms with van der Waals surface area (Å²) in [6.07, 6.45) is 2.22. The molecular formula is C29H35F2N3O6S. The fourth-order valence-corrected chi connectivity index (χ4v) is 6.60. The van der Waals surface area contributed by atoms with Crippen LogP contribution in [0.25, 0.3) is 10.1 Å². The van der Waals surface area contributed by atoms with Gasteiger partial charge in [-0.2, -0.15) is 0 Å². The number of unbranched alkanes of at least 4 members (excludes halogenated alkanes) is 1. The molecule has 41 heavy (non-hydrogen) atoms. The minimum absolute atomic E-state index is 0.0828. The third-order valence-corrected chi connectivity index (χ3v) is 9.14. The molecule has 0 bridgehead atoms. The van der Waals surface area contributed by atoms with Crippen molar-refractivity contribution in [1.29, 1.82) is 0 Å². The minimum Gasteiger partial charge on any atom is -0.480 e. The van der Waals surface area contributed by atoms with Crippen LogP contribution >= 0.6 is 11.3 Å². The molecule has 1 aliphatic carbocycles. The number of benzene rings is 1. The first-order valence-corrected chi connectivity index (χ1v) is 14.7. The third kappa shape index (κ3) is 7.09. The number of carbonyl (C=O) groups excluding carboxylic acids is 4. The third-order valence-electron chi connectivity index (χ3n) is 7.98. The van der Waals surface area contributed by atoms with Crippen molar-refractivity contribution in [2.75, 3.05) is 6.54 Å². The van der Waals surface area contributed by atoms with Gasteiger partial charge in [0.05, 0.1) is 4.88 Å². The molecule has 9 nitrogen and oxygen atoms in total. The molecule has 2 heterocycles. The maximum Gasteiger partial charge on any atom is 0.326 e. The van der Waals surface area contributed by atoms with Crippen molar-refractivity contribution in [2.45, 2.75) is 76.8 Å². The summed E-state index contributed by atoms with van der Waals surface area (Å²) in [6, 6.07) is 3.70. The van der Waals surface area contributed by atoms with Gasteiger partial charge in [-0.05, 0) is 54.7 Å². The molecule has 5 atom stereocenters. The molecule has 2 aromatic rings. The highest BCUT2D eigenvalue weighted by atomic mass is 32.1. The quantitative estimate of drug-likeness (QED) is 0.282. The van der Waals surface area contributed by atoms with E-state index >= 15 is 0 Å². The first-order valence-electron chi connectivity index (χ1n) is 13.9. The highest BCUT2D eigenvalue weighted by Crippen LogP contribution is 2.50. The van der Waals surface area contributed by atoms with E-state index in [0.29, 0.717) is 34.3 Å². The van der Waals surface area contributed by atoms with E-state index in [0.717, 1.165) is 19.8 Å². The van der Waals surface area contributed by atoms with E-state index in [2.05, 4.69) is 5.32 Å². The molecule has 1 aliphatic heterocycles. The summed E-state index contributed by atoms with van der Waals surface area (Å²) in [4.78, 5) is 65.0. The monoisotopic (exact) mass is 591 g/mol. The standard InChI is InChI=1S/C29H35F2N3O6S/c1-3-4-5-15(12-21(35)23-13-16-10-18(29(2,30)31)6-8-22(16)41-23)27(38)34-14-17-11-19(17)25(34)26(37)33-20(28(39)40)7-9-24(32)36/h6,8,10,13,15,17,19-20,25H,3-5,7,9,11-12,14H2,1-2H3,(H2,32,36)(H,33,37)(H,39,40)/t15-,17-,19-,20+,25+/m1/s1. The number of nitrogens with zero attached hydrogens (tertiary/aromatic N) is 1. The number of thiophene rings is 1. The van der Waals surface area contributed by atoms with Gasteiger partial charge in [-0.25, -0.2) is 13.6 Å². The molecule has 1 saturated heterocycles. The number of hydrogen-bond donors (Lipinski definition) is 3. The number of amides is 3. The summed E-state index contributed by atoms with van der Waals surface area (Å²) in [7, 11) is 0. The van der Waals surface area contributed by atoms with Crippen LogP contribution in [0.1, 0.15) is 74.0 Å². The minimum atomic E-state index is -3.01. The highest BCUT2D eigenvalue weighted by molar-refractivity contribution is 7.20. The van der Waals surface area contributed by atoms with Gasteiger partial charge in [0.1, 0.15) is 12.1 Å². The molecule has 1 aromatic heterocycles. The lowest BCUT2D eigenvalue weighted by Crippen LogP contribution is -2.53. The lowest BCUT2D eigenvalue weighted by molar-refractivity contribution is -0.146. The second-order valence-electron chi connectivity index (χ2n) is 11.2. The van der Waals surface area contributed by atoms with Gasteiger partial charge in [0.25, 0.3) is 5.92 Å². The van der Waals surface area contributed by atoms with Crippen molar-refractivity contribution in [3.05, 3.63) is 34.7 Å². The Balaban J connectivity index is 1.50. The van der Waals surface area contributed by atoms with Crippen molar-refractivity contribution in [3.63, 3.8) is 0 Å². The maximum absolute atomic E-state index is 13.8. The number of likely N-dealkylation sites (tertiary alicyclic amines) is 1. The number of nitrogens with one attached hydrogen (secondary N) is 1. The van der Waals surface area contributed by atoms with E-state index in [1.807, 2.05) is 6.92 Å². The topological polar surface area (TPSA) is 147 Å². The molecule has 1 saturated carbocycles. The zero-order valence-corrected chi connectivity index (χ0v) is 23.8. The Hall–Kier alpha value is -3.41. The van der Waals surface area contributed by atoms with Crippen LogP contribution in [0.4, 0.5) is 8.78 Å². The smallest absolute Gasteiger partial charge is 0.326 e. The van der Waals surface area contributed by atoms with Crippen LogP contribution in [-0.4, -0.2) is 58.1 Å². The van der Waals surface area contributed by atoms with Crippen LogP contribution < -0.4 is 11.1 Å². The summed E-state index contributed by atoms with van der Waals surface area (Å²) in [5, 5.41) is 12.5. The number of aliphatic carboxylic acids is 1. The molecule has 0 spiro atoms. The zero-order chi connectivity index (χ0) is 30.1. The number of alkyl halides is 2. The second kappa shape index (κ2) is 12.2. The van der Waals surface area contributed by atoms with Gasteiger partial charge in [0, 0.05) is 42.5 Å². The normalized spacial score (nSPS) is 21.3. The Morgan fingerprint density at radius 3 is 2.56 bits per heavy atom. The van der Waals surface area contributed by atoms with Gasteiger partial charge < -0.3 is 21.1 Å². The van der Waals surface area contributed by atoms with Crippen LogP contribution in [0.2, 0.25) is 0 Å². The van der Waals surface area contributed by atoms with E-state index in [1.54, 1.807) is 12.1 Å². The van der Waals surface area contributed by atoms with E-state index in [-0.39, 0.29) is 48.4 Å². The summed E-state index contributed by atoms with van der Waals surface area (Å²) >= 11 is 1.19. The molecule has 222 valence electrons. The SMILES string of the molecule is CCCC[C@H](CC(=O)c1cc2cc(C(C)(F)F)ccc2s1)C(=O)N1C[C@H]2C[C@H]2[C@H]1C(=O)N[C@@H](CCC(N)=O)C(=O)O. The summed E-state index contributed by atoms with van der Waals surface area (Å²) < 4.78 is 28.3. The predicted molar refractivity (Wildman–Crippen MR) is 148 cm³/mol. The van der Waals surface area contributed by atoms with E-state index in [9.17, 15) is 37.9 Å². The zero-order valence-electron chi connectivity index (χ0n) is 23.0. The fraction of sp³-hybridized carbons (Fsp3) is 0.552. The average Bonchev–Trinajstić information content (AvgIpc) is 3.35. The van der Waals surface area contributed by atoms with Crippen molar-refractivity contribution in [1.82, 2.24) is 10.2 Å². The van der Waals surface area contributed by atoms with Crippen molar-refractivity contribution in [3.8, 4) is 0 Å². The largest absolute Gasteiger partial charge is 0.480 e. The van der Waals surface area contributed by atoms with Crippen LogP contribution in [0.5, 0.6) is 0 Å². The Bertz CT molecular complexity index is 1360. The molecular weight excluding hydrogens is 556 g/mol. The van der Waals surface area contributed by atoms with E-state index in [4.69, 9.17) is 5.73 Å². The molecule has 1 aromatic carbocycles. The summed E-state index contributed by atoms with van der Waals surface area (Å²) in [5.74, 6) is -6.80. The average molecular weight is 592 g/mol. The summed E-state index contributed by atoms with van der Waals surface area (Å²) in [5.41, 5.74) is 4.99. The van der Waals surface area contributed by atoms with Gasteiger partial charge >= 0.3 is 5.97 Å². The van der Waals surface area contributed by atoms with E-state index in [1.165, 1.54) is 28.4 Å². The number of rotatable bonds is 14. The van der Waals surface area contributed by atoms with Crippen molar-refractivity contribution >= 4 is 50.9 Å². The first kappa shape index (κ1) is 30.5. The van der Waals surface area contributed by atoms with Gasteiger partial charge in [-0.3, -0.25) is 19.2 Å². The Morgan fingerprint density at radius 1 is 1.20 bits per heavy atom. The number of fused-ring (bicyclic) bond motifs is 2. The molecule has 4 rings (SSSR count). The number of carbonyl (C=O) groups is 5. The van der Waals surface area contributed by atoms with Crippen LogP contribution in [0.3, 0.4) is 0 Å². The number of primary amides is 1. The molecule has 2 fully saturated rings. The number of Topliss-reactive ketones (excluding diaryl/α,β-unsaturated/α-hetero) is 1. The van der Waals surface area contributed by atoms with Gasteiger partial charge in [-0.15, -0.1) is 11.3 Å². The van der Waals surface area contributed by atoms with Crippen molar-refractivity contribution < 1.29 is 37.9 Å². The Kier molecular flexibility index (Phi) is 9.10. The predicted octanol–water partition coefficient (Wildman–Crippen LogP) is 4.07. The first-order chi connectivity index (χ1) is 19.3. The van der Waals surface area contributed by atoms with Crippen LogP contribution in [0, 0.1) is 17.8 Å². The number of nitrogens with two attached hydrogens (primary N) is 1. The molecule has 4 N–H and O–H groups in total. The van der Waals surface area contributed by atoms with Crippen LogP contribution in [-0.2, 0) is 25.1 Å². The molecule has 3 amide bonds. The molecule has 2 aliphatic rings. The highest BCUT2D eigenvalue weighted by Gasteiger charge is 2.57. The number of carboxylic acid groups (broad SMARTS) is 1. The maximum atomic E-state index is 13.8. The molecule has 0 unspecified atom stereocenters. The molecule has 0 radical (unpaired) electrons. The van der Waals surface area contributed by atoms with Gasteiger partial charge in [-0.1, -0.05) is 25.8 Å².